The number of aliphatic carboxylic acids is 1. The molecule has 2 aliphatic rings. The molecule has 1 aliphatic heterocycles. The van der Waals surface area contributed by atoms with E-state index in [1.54, 1.807) is 11.8 Å². The van der Waals surface area contributed by atoms with Crippen molar-refractivity contribution in [2.75, 3.05) is 5.75 Å². The second kappa shape index (κ2) is 4.13. The van der Waals surface area contributed by atoms with Crippen molar-refractivity contribution < 1.29 is 9.90 Å². The molecule has 1 saturated carbocycles. The van der Waals surface area contributed by atoms with Crippen LogP contribution in [0.25, 0.3) is 0 Å². The van der Waals surface area contributed by atoms with Gasteiger partial charge in [-0.05, 0) is 30.9 Å². The Bertz CT molecular complexity index is 215. The highest BCUT2D eigenvalue weighted by atomic mass is 32.2. The van der Waals surface area contributed by atoms with Crippen molar-refractivity contribution in [3.63, 3.8) is 0 Å². The van der Waals surface area contributed by atoms with Crippen molar-refractivity contribution >= 4 is 17.7 Å². The van der Waals surface area contributed by atoms with E-state index in [-0.39, 0.29) is 0 Å². The zero-order valence-corrected chi connectivity index (χ0v) is 9.31. The Labute approximate surface area is 89.5 Å². The fraction of sp³-hybridized carbons (Fsp3) is 0.909. The van der Waals surface area contributed by atoms with Crippen LogP contribution in [0, 0.1) is 5.92 Å². The van der Waals surface area contributed by atoms with Crippen LogP contribution in [0.3, 0.4) is 0 Å². The van der Waals surface area contributed by atoms with E-state index in [1.807, 2.05) is 0 Å². The van der Waals surface area contributed by atoms with Crippen LogP contribution in [-0.4, -0.2) is 21.6 Å². The van der Waals surface area contributed by atoms with Crippen LogP contribution < -0.4 is 0 Å². The standard InChI is InChI=1S/C11H18O2S/c12-10(13)11(6-3-7-14-11)8-9-4-1-2-5-9/h9H,1-8H2,(H,12,13). The molecule has 0 spiro atoms. The van der Waals surface area contributed by atoms with Gasteiger partial charge in [0.15, 0.2) is 0 Å². The van der Waals surface area contributed by atoms with Gasteiger partial charge in [0, 0.05) is 0 Å². The first-order valence-electron chi connectivity index (χ1n) is 5.60. The third-order valence-corrected chi connectivity index (χ3v) is 5.18. The third kappa shape index (κ3) is 1.92. The van der Waals surface area contributed by atoms with Crippen molar-refractivity contribution in [2.45, 2.75) is 49.7 Å². The molecule has 0 aromatic heterocycles. The maximum atomic E-state index is 11.3. The largest absolute Gasteiger partial charge is 0.480 e. The number of carboxylic acid groups (broad SMARTS) is 1. The molecule has 1 atom stereocenters. The predicted octanol–water partition coefficient (Wildman–Crippen LogP) is 2.92. The normalized spacial score (nSPS) is 33.7. The van der Waals surface area contributed by atoms with Gasteiger partial charge in [-0.2, -0.15) is 0 Å². The minimum atomic E-state index is -0.563. The Balaban J connectivity index is 1.99. The number of carboxylic acids is 1. The van der Waals surface area contributed by atoms with Gasteiger partial charge in [0.2, 0.25) is 0 Å². The molecule has 0 radical (unpaired) electrons. The summed E-state index contributed by atoms with van der Waals surface area (Å²) in [5.74, 6) is 1.17. The summed E-state index contributed by atoms with van der Waals surface area (Å²) in [6.07, 6.45) is 8.04. The first kappa shape index (κ1) is 10.3. The molecule has 2 fully saturated rings. The van der Waals surface area contributed by atoms with Gasteiger partial charge in [-0.25, -0.2) is 0 Å². The van der Waals surface area contributed by atoms with Gasteiger partial charge in [-0.1, -0.05) is 25.7 Å². The Morgan fingerprint density at radius 1 is 1.36 bits per heavy atom. The van der Waals surface area contributed by atoms with Gasteiger partial charge in [-0.15, -0.1) is 11.8 Å². The average Bonchev–Trinajstić information content (AvgIpc) is 2.76. The van der Waals surface area contributed by atoms with Crippen LogP contribution >= 0.6 is 11.8 Å². The van der Waals surface area contributed by atoms with E-state index < -0.39 is 10.7 Å². The highest BCUT2D eigenvalue weighted by molar-refractivity contribution is 8.01. The second-order valence-electron chi connectivity index (χ2n) is 4.61. The molecule has 0 aromatic rings. The van der Waals surface area contributed by atoms with Gasteiger partial charge >= 0.3 is 5.97 Å². The highest BCUT2D eigenvalue weighted by Gasteiger charge is 2.43. The summed E-state index contributed by atoms with van der Waals surface area (Å²) in [5, 5.41) is 9.30. The Morgan fingerprint density at radius 3 is 2.57 bits per heavy atom. The number of hydrogen-bond acceptors (Lipinski definition) is 2. The van der Waals surface area contributed by atoms with Gasteiger partial charge in [0.25, 0.3) is 0 Å². The molecule has 1 saturated heterocycles. The molecule has 1 heterocycles. The number of hydrogen-bond donors (Lipinski definition) is 1. The maximum Gasteiger partial charge on any atom is 0.319 e. The lowest BCUT2D eigenvalue weighted by atomic mass is 9.89. The molecule has 2 nitrogen and oxygen atoms in total. The van der Waals surface area contributed by atoms with Crippen molar-refractivity contribution in [1.82, 2.24) is 0 Å². The Hall–Kier alpha value is -0.180. The fourth-order valence-corrected chi connectivity index (χ4v) is 4.24. The molecule has 3 heteroatoms. The predicted molar refractivity (Wildman–Crippen MR) is 58.6 cm³/mol. The van der Waals surface area contributed by atoms with E-state index >= 15 is 0 Å². The lowest BCUT2D eigenvalue weighted by Crippen LogP contribution is -2.34. The minimum Gasteiger partial charge on any atom is -0.480 e. The van der Waals surface area contributed by atoms with Crippen LogP contribution in [0.4, 0.5) is 0 Å². The summed E-state index contributed by atoms with van der Waals surface area (Å²) < 4.78 is -0.408. The van der Waals surface area contributed by atoms with Gasteiger partial charge in [0.05, 0.1) is 0 Å². The highest BCUT2D eigenvalue weighted by Crippen LogP contribution is 2.45. The van der Waals surface area contributed by atoms with Crippen molar-refractivity contribution in [2.24, 2.45) is 5.92 Å². The molecule has 80 valence electrons. The third-order valence-electron chi connectivity index (χ3n) is 3.59. The zero-order valence-electron chi connectivity index (χ0n) is 8.50. The summed E-state index contributed by atoms with van der Waals surface area (Å²) in [6.45, 7) is 0. The van der Waals surface area contributed by atoms with Gasteiger partial charge in [0.1, 0.15) is 4.75 Å². The summed E-state index contributed by atoms with van der Waals surface area (Å²) in [7, 11) is 0. The first-order chi connectivity index (χ1) is 6.73. The molecule has 0 amide bonds. The zero-order chi connectivity index (χ0) is 10.0. The Kier molecular flexibility index (Phi) is 3.05. The van der Waals surface area contributed by atoms with E-state index in [4.69, 9.17) is 0 Å². The van der Waals surface area contributed by atoms with E-state index in [0.717, 1.165) is 25.0 Å². The summed E-state index contributed by atoms with van der Waals surface area (Å²) >= 11 is 1.69. The van der Waals surface area contributed by atoms with E-state index in [1.165, 1.54) is 25.7 Å². The van der Waals surface area contributed by atoms with E-state index in [0.29, 0.717) is 5.92 Å². The average molecular weight is 214 g/mol. The SMILES string of the molecule is O=C(O)C1(CC2CCCC2)CCCS1. The summed E-state index contributed by atoms with van der Waals surface area (Å²) in [5.41, 5.74) is 0. The van der Waals surface area contributed by atoms with Crippen LogP contribution in [0.15, 0.2) is 0 Å². The lowest BCUT2D eigenvalue weighted by molar-refractivity contribution is -0.140. The lowest BCUT2D eigenvalue weighted by Gasteiger charge is -2.26. The van der Waals surface area contributed by atoms with Crippen LogP contribution in [-0.2, 0) is 4.79 Å². The van der Waals surface area contributed by atoms with Gasteiger partial charge in [-0.3, -0.25) is 4.79 Å². The molecule has 1 aliphatic carbocycles. The molecule has 1 unspecified atom stereocenters. The maximum absolute atomic E-state index is 11.3. The number of thioether (sulfide) groups is 1. The topological polar surface area (TPSA) is 37.3 Å². The molecule has 14 heavy (non-hydrogen) atoms. The molecule has 2 rings (SSSR count). The van der Waals surface area contributed by atoms with Crippen molar-refractivity contribution in [3.8, 4) is 0 Å². The van der Waals surface area contributed by atoms with Crippen molar-refractivity contribution in [1.29, 1.82) is 0 Å². The first-order valence-corrected chi connectivity index (χ1v) is 6.59. The molecule has 0 aromatic carbocycles. The summed E-state index contributed by atoms with van der Waals surface area (Å²) in [4.78, 5) is 11.3. The molecular weight excluding hydrogens is 196 g/mol. The van der Waals surface area contributed by atoms with Crippen molar-refractivity contribution in [3.05, 3.63) is 0 Å². The molecule has 1 N–H and O–H groups in total. The fourth-order valence-electron chi connectivity index (χ4n) is 2.80. The quantitative estimate of drug-likeness (QED) is 0.785. The smallest absolute Gasteiger partial charge is 0.319 e. The van der Waals surface area contributed by atoms with Crippen LogP contribution in [0.2, 0.25) is 0 Å². The monoisotopic (exact) mass is 214 g/mol. The second-order valence-corrected chi connectivity index (χ2v) is 6.08. The number of carbonyl (C=O) groups is 1. The molecule has 0 bridgehead atoms. The van der Waals surface area contributed by atoms with Gasteiger partial charge < -0.3 is 5.11 Å². The molecular formula is C11H18O2S. The van der Waals surface area contributed by atoms with E-state index in [9.17, 15) is 9.90 Å². The summed E-state index contributed by atoms with van der Waals surface area (Å²) in [6, 6.07) is 0. The van der Waals surface area contributed by atoms with E-state index in [2.05, 4.69) is 0 Å². The van der Waals surface area contributed by atoms with Crippen LogP contribution in [0.1, 0.15) is 44.9 Å². The van der Waals surface area contributed by atoms with Crippen LogP contribution in [0.5, 0.6) is 0 Å². The number of rotatable bonds is 3. The Morgan fingerprint density at radius 2 is 2.07 bits per heavy atom. The minimum absolute atomic E-state index is 0.408.